The van der Waals surface area contributed by atoms with Gasteiger partial charge in [0.1, 0.15) is 30.3 Å². The van der Waals surface area contributed by atoms with Gasteiger partial charge in [0, 0.05) is 18.5 Å². The lowest BCUT2D eigenvalue weighted by Crippen LogP contribution is -3.12. The highest BCUT2D eigenvalue weighted by Gasteiger charge is 2.25. The number of benzene rings is 1. The van der Waals surface area contributed by atoms with Gasteiger partial charge in [0.25, 0.3) is 0 Å². The van der Waals surface area contributed by atoms with Crippen LogP contribution in [0.1, 0.15) is 33.8 Å². The molecule has 0 spiro atoms. The van der Waals surface area contributed by atoms with E-state index >= 15 is 0 Å². The summed E-state index contributed by atoms with van der Waals surface area (Å²) in [5.74, 6) is 2.08. The number of aryl methyl sites for hydroxylation is 3. The highest BCUT2D eigenvalue weighted by molar-refractivity contribution is 7.19. The molecule has 2 aromatic heterocycles. The van der Waals surface area contributed by atoms with E-state index in [2.05, 4.69) is 43.1 Å². The Morgan fingerprint density at radius 1 is 1.10 bits per heavy atom. The van der Waals surface area contributed by atoms with Crippen LogP contribution in [0.2, 0.25) is 0 Å². The summed E-state index contributed by atoms with van der Waals surface area (Å²) >= 11 is 1.89. The van der Waals surface area contributed by atoms with Crippen LogP contribution in [0.15, 0.2) is 24.3 Å². The van der Waals surface area contributed by atoms with Crippen molar-refractivity contribution in [2.45, 2.75) is 39.3 Å². The third kappa shape index (κ3) is 3.89. The zero-order valence-corrected chi connectivity index (χ0v) is 18.1. The summed E-state index contributed by atoms with van der Waals surface area (Å²) in [5.41, 5.74) is 4.12. The minimum Gasteiger partial charge on any atom is -0.370 e. The molecule has 5 nitrogen and oxygen atoms in total. The fourth-order valence-corrected chi connectivity index (χ4v) is 5.75. The van der Waals surface area contributed by atoms with Crippen LogP contribution >= 0.6 is 11.3 Å². The van der Waals surface area contributed by atoms with Crippen molar-refractivity contribution in [2.75, 3.05) is 38.3 Å². The summed E-state index contributed by atoms with van der Waals surface area (Å²) in [7, 11) is 2.17. The number of ether oxygens (including phenoxy) is 1. The van der Waals surface area contributed by atoms with Gasteiger partial charge < -0.3 is 14.5 Å². The normalized spacial score (nSPS) is 17.0. The van der Waals surface area contributed by atoms with Crippen molar-refractivity contribution >= 4 is 27.4 Å². The first kappa shape index (κ1) is 19.0. The van der Waals surface area contributed by atoms with Crippen molar-refractivity contribution in [1.82, 2.24) is 9.97 Å². The summed E-state index contributed by atoms with van der Waals surface area (Å²) in [4.78, 5) is 16.7. The summed E-state index contributed by atoms with van der Waals surface area (Å²) in [6, 6.07) is 8.82. The molecule has 1 fully saturated rings. The molecule has 2 aliphatic rings. The van der Waals surface area contributed by atoms with E-state index in [-0.39, 0.29) is 0 Å². The van der Waals surface area contributed by atoms with Crippen molar-refractivity contribution in [3.8, 4) is 0 Å². The topological polar surface area (TPSA) is 42.7 Å². The average molecular weight is 410 g/mol. The van der Waals surface area contributed by atoms with Crippen LogP contribution in [-0.2, 0) is 30.7 Å². The molecule has 1 saturated heterocycles. The molecule has 0 bridgehead atoms. The first-order valence-corrected chi connectivity index (χ1v) is 11.5. The second-order valence-corrected chi connectivity index (χ2v) is 9.47. The molecule has 3 aromatic rings. The van der Waals surface area contributed by atoms with Crippen LogP contribution in [0.4, 0.5) is 5.82 Å². The van der Waals surface area contributed by atoms with E-state index in [0.29, 0.717) is 0 Å². The van der Waals surface area contributed by atoms with Gasteiger partial charge in [-0.15, -0.1) is 11.3 Å². The second kappa shape index (κ2) is 8.01. The van der Waals surface area contributed by atoms with E-state index in [1.807, 2.05) is 11.3 Å². The van der Waals surface area contributed by atoms with E-state index in [0.717, 1.165) is 57.5 Å². The number of fused-ring (bicyclic) bond motifs is 3. The molecule has 1 aliphatic carbocycles. The van der Waals surface area contributed by atoms with Crippen LogP contribution < -0.4 is 9.80 Å². The van der Waals surface area contributed by atoms with Gasteiger partial charge in [-0.1, -0.05) is 29.8 Å². The Hall–Kier alpha value is -2.02. The molecule has 0 unspecified atom stereocenters. The molecule has 0 atom stereocenters. The number of quaternary nitrogens is 1. The van der Waals surface area contributed by atoms with Crippen molar-refractivity contribution in [3.05, 3.63) is 51.7 Å². The van der Waals surface area contributed by atoms with Crippen LogP contribution in [0, 0.1) is 6.92 Å². The van der Waals surface area contributed by atoms with E-state index in [1.54, 1.807) is 0 Å². The van der Waals surface area contributed by atoms with Gasteiger partial charge in [-0.05, 0) is 37.3 Å². The predicted octanol–water partition coefficient (Wildman–Crippen LogP) is 2.54. The van der Waals surface area contributed by atoms with Crippen molar-refractivity contribution in [3.63, 3.8) is 0 Å². The monoisotopic (exact) mass is 409 g/mol. The molecule has 1 N–H and O–H groups in total. The molecule has 6 heteroatoms. The molecule has 1 aromatic carbocycles. The standard InChI is InChI=1S/C23H28N4OS/c1-16-6-8-17(9-7-16)14-26(2)22-21-18-4-3-5-19(18)29-23(21)25-20(24-22)15-27-10-12-28-13-11-27/h6-9H,3-5,10-15H2,1-2H3/p+1. The third-order valence-corrected chi connectivity index (χ3v) is 7.29. The van der Waals surface area contributed by atoms with Gasteiger partial charge in [0.2, 0.25) is 0 Å². The van der Waals surface area contributed by atoms with Gasteiger partial charge in [0.15, 0.2) is 5.82 Å². The molecular formula is C23H29N4OS+. The predicted molar refractivity (Wildman–Crippen MR) is 118 cm³/mol. The zero-order valence-electron chi connectivity index (χ0n) is 17.3. The first-order chi connectivity index (χ1) is 14.2. The number of rotatable bonds is 5. The Balaban J connectivity index is 1.51. The van der Waals surface area contributed by atoms with Gasteiger partial charge in [-0.2, -0.15) is 0 Å². The number of morpholine rings is 1. The summed E-state index contributed by atoms with van der Waals surface area (Å²) in [6.07, 6.45) is 3.62. The summed E-state index contributed by atoms with van der Waals surface area (Å²) in [5, 5.41) is 1.30. The molecule has 152 valence electrons. The Bertz CT molecular complexity index is 1010. The van der Waals surface area contributed by atoms with Crippen LogP contribution in [0.3, 0.4) is 0 Å². The highest BCUT2D eigenvalue weighted by Crippen LogP contribution is 2.40. The fourth-order valence-electron chi connectivity index (χ4n) is 4.48. The lowest BCUT2D eigenvalue weighted by molar-refractivity contribution is -0.922. The van der Waals surface area contributed by atoms with Crippen molar-refractivity contribution in [2.24, 2.45) is 0 Å². The van der Waals surface area contributed by atoms with E-state index < -0.39 is 0 Å². The van der Waals surface area contributed by atoms with Crippen LogP contribution in [-0.4, -0.2) is 43.3 Å². The third-order valence-electron chi connectivity index (χ3n) is 6.10. The van der Waals surface area contributed by atoms with Gasteiger partial charge >= 0.3 is 0 Å². The van der Waals surface area contributed by atoms with E-state index in [9.17, 15) is 0 Å². The maximum absolute atomic E-state index is 5.52. The van der Waals surface area contributed by atoms with Gasteiger partial charge in [-0.3, -0.25) is 0 Å². The van der Waals surface area contributed by atoms with Crippen LogP contribution in [0.5, 0.6) is 0 Å². The largest absolute Gasteiger partial charge is 0.370 e. The molecular weight excluding hydrogens is 380 g/mol. The quantitative estimate of drug-likeness (QED) is 0.703. The van der Waals surface area contributed by atoms with Crippen molar-refractivity contribution < 1.29 is 9.64 Å². The minimum atomic E-state index is 0.838. The Kier molecular flexibility index (Phi) is 5.24. The Morgan fingerprint density at radius 2 is 1.90 bits per heavy atom. The molecule has 5 rings (SSSR count). The molecule has 0 amide bonds. The molecule has 3 heterocycles. The highest BCUT2D eigenvalue weighted by atomic mass is 32.1. The number of aromatic nitrogens is 2. The molecule has 0 saturated carbocycles. The molecule has 0 radical (unpaired) electrons. The average Bonchev–Trinajstić information content (AvgIpc) is 3.31. The fraction of sp³-hybridized carbons (Fsp3) is 0.478. The van der Waals surface area contributed by atoms with E-state index in [4.69, 9.17) is 14.7 Å². The Morgan fingerprint density at radius 3 is 2.69 bits per heavy atom. The number of anilines is 1. The Labute approximate surface area is 176 Å². The number of hydrogen-bond donors (Lipinski definition) is 1. The van der Waals surface area contributed by atoms with Gasteiger partial charge in [-0.25, -0.2) is 9.97 Å². The maximum Gasteiger partial charge on any atom is 0.187 e. The number of nitrogens with zero attached hydrogens (tertiary/aromatic N) is 3. The smallest absolute Gasteiger partial charge is 0.187 e. The number of hydrogen-bond acceptors (Lipinski definition) is 5. The first-order valence-electron chi connectivity index (χ1n) is 10.7. The van der Waals surface area contributed by atoms with Crippen molar-refractivity contribution in [1.29, 1.82) is 0 Å². The summed E-state index contributed by atoms with van der Waals surface area (Å²) in [6.45, 7) is 7.63. The number of nitrogens with one attached hydrogen (secondary N) is 1. The number of thiophene rings is 1. The van der Waals surface area contributed by atoms with Gasteiger partial charge in [0.05, 0.1) is 18.6 Å². The minimum absolute atomic E-state index is 0.838. The second-order valence-electron chi connectivity index (χ2n) is 8.38. The maximum atomic E-state index is 5.52. The molecule has 29 heavy (non-hydrogen) atoms. The summed E-state index contributed by atoms with van der Waals surface area (Å²) < 4.78 is 5.52. The SMILES string of the molecule is Cc1ccc(CN(C)c2nc(C[NH+]3CCOCC3)nc3sc4c(c23)CCC4)cc1. The van der Waals surface area contributed by atoms with E-state index in [1.165, 1.54) is 49.5 Å². The zero-order chi connectivity index (χ0) is 19.8. The molecule has 1 aliphatic heterocycles. The lowest BCUT2D eigenvalue weighted by atomic mass is 10.1. The lowest BCUT2D eigenvalue weighted by Gasteiger charge is -2.24. The van der Waals surface area contributed by atoms with Crippen LogP contribution in [0.25, 0.3) is 10.2 Å².